The van der Waals surface area contributed by atoms with E-state index in [1.165, 1.54) is 0 Å². The Morgan fingerprint density at radius 3 is 1.21 bits per heavy atom. The molecular weight excluding hydrogens is 361 g/mol. The molecule has 0 N–H and O–H groups in total. The van der Waals surface area contributed by atoms with E-state index in [2.05, 4.69) is 6.07 Å². The first-order valence-corrected chi connectivity index (χ1v) is 8.39. The number of benzene rings is 3. The van der Waals surface area contributed by atoms with E-state index in [9.17, 15) is 5.26 Å². The summed E-state index contributed by atoms with van der Waals surface area (Å²) in [6.45, 7) is 0. The van der Waals surface area contributed by atoms with Crippen LogP contribution in [0.3, 0.4) is 0 Å². The highest BCUT2D eigenvalue weighted by atomic mass is 35.5. The number of nitrogens with zero attached hydrogens (tertiary/aromatic N) is 1. The highest BCUT2D eigenvalue weighted by Gasteiger charge is 2.37. The second-order valence-corrected chi connectivity index (χ2v) is 6.70. The van der Waals surface area contributed by atoms with Gasteiger partial charge in [-0.25, -0.2) is 0 Å². The van der Waals surface area contributed by atoms with Gasteiger partial charge in [0.15, 0.2) is 0 Å². The molecule has 0 bridgehead atoms. The Morgan fingerprint density at radius 1 is 0.625 bits per heavy atom. The number of hydrogen-bond donors (Lipinski definition) is 0. The fourth-order valence-electron chi connectivity index (χ4n) is 2.86. The predicted molar refractivity (Wildman–Crippen MR) is 99.9 cm³/mol. The van der Waals surface area contributed by atoms with Gasteiger partial charge in [-0.05, 0) is 53.1 Å². The minimum absolute atomic E-state index is 0.566. The van der Waals surface area contributed by atoms with E-state index in [1.807, 2.05) is 36.4 Å². The quantitative estimate of drug-likeness (QED) is 0.481. The van der Waals surface area contributed by atoms with Crippen LogP contribution in [0, 0.1) is 11.3 Å². The second kappa shape index (κ2) is 6.87. The lowest BCUT2D eigenvalue weighted by Crippen LogP contribution is -2.27. The summed E-state index contributed by atoms with van der Waals surface area (Å²) in [6, 6.07) is 24.4. The van der Waals surface area contributed by atoms with Crippen LogP contribution in [-0.4, -0.2) is 0 Å². The van der Waals surface area contributed by atoms with Gasteiger partial charge in [-0.2, -0.15) is 5.26 Å². The van der Waals surface area contributed by atoms with E-state index in [4.69, 9.17) is 34.8 Å². The zero-order chi connectivity index (χ0) is 17.2. The summed E-state index contributed by atoms with van der Waals surface area (Å²) < 4.78 is 0. The van der Waals surface area contributed by atoms with Gasteiger partial charge in [0.25, 0.3) is 0 Å². The van der Waals surface area contributed by atoms with E-state index >= 15 is 0 Å². The summed E-state index contributed by atoms with van der Waals surface area (Å²) in [5, 5.41) is 11.9. The minimum atomic E-state index is -1.05. The molecule has 0 aromatic heterocycles. The number of halogens is 3. The van der Waals surface area contributed by atoms with Crippen LogP contribution in [0.5, 0.6) is 0 Å². The van der Waals surface area contributed by atoms with Crippen LogP contribution >= 0.6 is 34.8 Å². The zero-order valence-corrected chi connectivity index (χ0v) is 14.8. The summed E-state index contributed by atoms with van der Waals surface area (Å²) in [5.74, 6) is 0. The normalized spacial score (nSPS) is 11.1. The fourth-order valence-corrected chi connectivity index (χ4v) is 3.43. The Bertz CT molecular complexity index is 817. The molecule has 3 aromatic rings. The van der Waals surface area contributed by atoms with Crippen LogP contribution in [0.4, 0.5) is 0 Å². The van der Waals surface area contributed by atoms with Gasteiger partial charge in [-0.15, -0.1) is 0 Å². The summed E-state index contributed by atoms with van der Waals surface area (Å²) in [4.78, 5) is 0. The molecule has 0 aliphatic carbocycles. The first kappa shape index (κ1) is 16.9. The molecule has 24 heavy (non-hydrogen) atoms. The molecule has 1 nitrogen and oxygen atoms in total. The molecule has 0 spiro atoms. The van der Waals surface area contributed by atoms with Gasteiger partial charge in [0, 0.05) is 15.1 Å². The molecule has 3 aromatic carbocycles. The third-order valence-electron chi connectivity index (χ3n) is 3.94. The van der Waals surface area contributed by atoms with E-state index in [0.717, 1.165) is 16.7 Å². The van der Waals surface area contributed by atoms with Crippen molar-refractivity contribution in [3.8, 4) is 6.07 Å². The largest absolute Gasteiger partial charge is 0.197 e. The molecule has 3 rings (SSSR count). The summed E-state index contributed by atoms with van der Waals surface area (Å²) >= 11 is 18.6. The standard InChI is InChI=1S/C20H12Cl3N/c21-17-7-1-4-14(10-17)20(13-24,15-5-2-8-18(22)11-15)16-6-3-9-19(23)12-16/h1-12H. The van der Waals surface area contributed by atoms with Gasteiger partial charge in [0.05, 0.1) is 6.07 Å². The van der Waals surface area contributed by atoms with E-state index in [0.29, 0.717) is 15.1 Å². The summed E-state index contributed by atoms with van der Waals surface area (Å²) in [6.07, 6.45) is 0. The third kappa shape index (κ3) is 3.01. The molecule has 4 heteroatoms. The highest BCUT2D eigenvalue weighted by molar-refractivity contribution is 6.31. The van der Waals surface area contributed by atoms with Crippen molar-refractivity contribution in [2.24, 2.45) is 0 Å². The van der Waals surface area contributed by atoms with Crippen molar-refractivity contribution in [1.29, 1.82) is 5.26 Å². The lowest BCUT2D eigenvalue weighted by molar-refractivity contribution is 0.795. The Labute approximate surface area is 156 Å². The smallest absolute Gasteiger partial charge is 0.132 e. The monoisotopic (exact) mass is 371 g/mol. The topological polar surface area (TPSA) is 23.8 Å². The molecule has 0 unspecified atom stereocenters. The number of rotatable bonds is 3. The molecule has 0 amide bonds. The summed E-state index contributed by atoms with van der Waals surface area (Å²) in [5.41, 5.74) is 1.24. The first-order chi connectivity index (χ1) is 11.6. The predicted octanol–water partition coefficient (Wildman–Crippen LogP) is 6.50. The molecule has 0 atom stereocenters. The Morgan fingerprint density at radius 2 is 0.958 bits per heavy atom. The molecule has 0 saturated heterocycles. The first-order valence-electron chi connectivity index (χ1n) is 7.25. The van der Waals surface area contributed by atoms with Crippen molar-refractivity contribution < 1.29 is 0 Å². The van der Waals surface area contributed by atoms with Crippen LogP contribution in [0.25, 0.3) is 0 Å². The van der Waals surface area contributed by atoms with Crippen molar-refractivity contribution in [3.63, 3.8) is 0 Å². The van der Waals surface area contributed by atoms with E-state index in [1.54, 1.807) is 36.4 Å². The van der Waals surface area contributed by atoms with Gasteiger partial charge in [-0.3, -0.25) is 0 Å². The van der Waals surface area contributed by atoms with Crippen LogP contribution in [-0.2, 0) is 5.41 Å². The third-order valence-corrected chi connectivity index (χ3v) is 4.65. The average molecular weight is 373 g/mol. The van der Waals surface area contributed by atoms with Crippen LogP contribution < -0.4 is 0 Å². The lowest BCUT2D eigenvalue weighted by Gasteiger charge is -2.29. The maximum Gasteiger partial charge on any atom is 0.132 e. The van der Waals surface area contributed by atoms with Crippen molar-refractivity contribution in [3.05, 3.63) is 105 Å². The van der Waals surface area contributed by atoms with Gasteiger partial charge in [0.2, 0.25) is 0 Å². The molecule has 0 heterocycles. The SMILES string of the molecule is N#CC(c1cccc(Cl)c1)(c1cccc(Cl)c1)c1cccc(Cl)c1. The molecular formula is C20H12Cl3N. The maximum absolute atomic E-state index is 10.2. The number of nitriles is 1. The Kier molecular flexibility index (Phi) is 4.83. The average Bonchev–Trinajstić information content (AvgIpc) is 2.56. The van der Waals surface area contributed by atoms with Crippen molar-refractivity contribution in [1.82, 2.24) is 0 Å². The van der Waals surface area contributed by atoms with Gasteiger partial charge < -0.3 is 0 Å². The fraction of sp³-hybridized carbons (Fsp3) is 0.0500. The molecule has 118 valence electrons. The minimum Gasteiger partial charge on any atom is -0.197 e. The lowest BCUT2D eigenvalue weighted by atomic mass is 9.70. The second-order valence-electron chi connectivity index (χ2n) is 5.39. The summed E-state index contributed by atoms with van der Waals surface area (Å²) in [7, 11) is 0. The van der Waals surface area contributed by atoms with Crippen LogP contribution in [0.1, 0.15) is 16.7 Å². The number of hydrogen-bond acceptors (Lipinski definition) is 1. The Hall–Kier alpha value is -1.98. The molecule has 0 fully saturated rings. The van der Waals surface area contributed by atoms with Gasteiger partial charge >= 0.3 is 0 Å². The van der Waals surface area contributed by atoms with Crippen LogP contribution in [0.15, 0.2) is 72.8 Å². The Balaban J connectivity index is 2.38. The highest BCUT2D eigenvalue weighted by Crippen LogP contribution is 2.41. The molecule has 0 saturated carbocycles. The van der Waals surface area contributed by atoms with Gasteiger partial charge in [0.1, 0.15) is 5.41 Å². The van der Waals surface area contributed by atoms with Crippen LogP contribution in [0.2, 0.25) is 15.1 Å². The van der Waals surface area contributed by atoms with Crippen molar-refractivity contribution in [2.75, 3.05) is 0 Å². The van der Waals surface area contributed by atoms with E-state index < -0.39 is 5.41 Å². The molecule has 0 radical (unpaired) electrons. The molecule has 0 aliphatic heterocycles. The maximum atomic E-state index is 10.2. The van der Waals surface area contributed by atoms with Gasteiger partial charge in [-0.1, -0.05) is 71.2 Å². The van der Waals surface area contributed by atoms with Crippen molar-refractivity contribution in [2.45, 2.75) is 5.41 Å². The van der Waals surface area contributed by atoms with E-state index in [-0.39, 0.29) is 0 Å². The molecule has 0 aliphatic rings. The van der Waals surface area contributed by atoms with Crippen molar-refractivity contribution >= 4 is 34.8 Å². The zero-order valence-electron chi connectivity index (χ0n) is 12.5.